The molecule has 0 saturated heterocycles. The van der Waals surface area contributed by atoms with Gasteiger partial charge >= 0.3 is 12.4 Å². The molecule has 1 aromatic heterocycles. The molecule has 2 aromatic carbocycles. The number of nitrogens with zero attached hydrogens (tertiary/aromatic N) is 1. The zero-order valence-corrected chi connectivity index (χ0v) is 21.7. The minimum Gasteiger partial charge on any atom is -0.406 e. The fourth-order valence-corrected chi connectivity index (χ4v) is 4.61. The fourth-order valence-electron chi connectivity index (χ4n) is 4.61. The van der Waals surface area contributed by atoms with Gasteiger partial charge in [0, 0.05) is 24.2 Å². The maximum atomic E-state index is 12.9. The number of amides is 3. The number of carbonyl (C=O) groups excluding carboxylic acids is 2. The molecule has 1 aliphatic rings. The normalized spacial score (nSPS) is 15.4. The van der Waals surface area contributed by atoms with Gasteiger partial charge in [0.2, 0.25) is 0 Å². The van der Waals surface area contributed by atoms with Gasteiger partial charge in [0.25, 0.3) is 5.91 Å². The number of alkyl halides is 3. The van der Waals surface area contributed by atoms with Gasteiger partial charge in [-0.2, -0.15) is 0 Å². The summed E-state index contributed by atoms with van der Waals surface area (Å²) in [7, 11) is 0. The molecule has 0 aliphatic carbocycles. The molecule has 1 atom stereocenters. The second kappa shape index (κ2) is 10.4. The Morgan fingerprint density at radius 1 is 1.08 bits per heavy atom. The number of aromatic nitrogens is 1. The molecule has 0 fully saturated rings. The summed E-state index contributed by atoms with van der Waals surface area (Å²) in [6.07, 6.45) is -4.30. The molecular weight excluding hydrogens is 497 g/mol. The van der Waals surface area contributed by atoms with Gasteiger partial charge in [-0.05, 0) is 69.5 Å². The first-order valence-corrected chi connectivity index (χ1v) is 12.3. The second-order valence-electron chi connectivity index (χ2n) is 10.4. The summed E-state index contributed by atoms with van der Waals surface area (Å²) >= 11 is 0. The van der Waals surface area contributed by atoms with Crippen molar-refractivity contribution in [2.45, 2.75) is 52.1 Å². The lowest BCUT2D eigenvalue weighted by Crippen LogP contribution is -2.47. The summed E-state index contributed by atoms with van der Waals surface area (Å²) in [6, 6.07) is 14.7. The second-order valence-corrected chi connectivity index (χ2v) is 10.4. The minimum atomic E-state index is -4.82. The summed E-state index contributed by atoms with van der Waals surface area (Å²) in [6.45, 7) is 8.32. The van der Waals surface area contributed by atoms with Gasteiger partial charge in [-0.1, -0.05) is 35.9 Å². The summed E-state index contributed by atoms with van der Waals surface area (Å²) < 4.78 is 44.8. The number of ether oxygens (including phenoxy) is 1. The Hall–Kier alpha value is -3.95. The summed E-state index contributed by atoms with van der Waals surface area (Å²) in [5.41, 5.74) is 3.65. The lowest BCUT2D eigenvalue weighted by Gasteiger charge is -2.29. The molecule has 2 heterocycles. The van der Waals surface area contributed by atoms with Gasteiger partial charge in [-0.25, -0.2) is 4.79 Å². The van der Waals surface area contributed by atoms with Gasteiger partial charge < -0.3 is 25.3 Å². The molecule has 0 radical (unpaired) electrons. The van der Waals surface area contributed by atoms with E-state index in [1.54, 1.807) is 12.1 Å². The van der Waals surface area contributed by atoms with Crippen LogP contribution in [-0.2, 0) is 0 Å². The van der Waals surface area contributed by atoms with Crippen molar-refractivity contribution >= 4 is 11.9 Å². The summed E-state index contributed by atoms with van der Waals surface area (Å²) in [5, 5.41) is 8.62. The van der Waals surface area contributed by atoms with Crippen LogP contribution in [0.2, 0.25) is 0 Å². The molecule has 1 aliphatic heterocycles. The number of benzene rings is 2. The van der Waals surface area contributed by atoms with Crippen LogP contribution in [0.5, 0.6) is 5.75 Å². The monoisotopic (exact) mass is 528 g/mol. The quantitative estimate of drug-likeness (QED) is 0.378. The highest BCUT2D eigenvalue weighted by atomic mass is 19.4. The zero-order chi connectivity index (χ0) is 27.7. The highest BCUT2D eigenvalue weighted by molar-refractivity contribution is 5.98. The van der Waals surface area contributed by atoms with E-state index < -0.39 is 6.36 Å². The van der Waals surface area contributed by atoms with Crippen molar-refractivity contribution in [3.63, 3.8) is 0 Å². The van der Waals surface area contributed by atoms with E-state index in [1.807, 2.05) is 56.5 Å². The number of fused-ring (bicyclic) bond motifs is 1. The number of hydrogen-bond acceptors (Lipinski definition) is 3. The van der Waals surface area contributed by atoms with E-state index in [1.165, 1.54) is 18.2 Å². The molecule has 0 unspecified atom stereocenters. The summed E-state index contributed by atoms with van der Waals surface area (Å²) in [4.78, 5) is 25.2. The van der Waals surface area contributed by atoms with Crippen molar-refractivity contribution in [1.82, 2.24) is 20.5 Å². The third-order valence-corrected chi connectivity index (χ3v) is 6.05. The van der Waals surface area contributed by atoms with Crippen LogP contribution in [0.15, 0.2) is 54.6 Å². The molecule has 10 heteroatoms. The molecule has 3 aromatic rings. The third kappa shape index (κ3) is 6.48. The maximum absolute atomic E-state index is 12.9. The van der Waals surface area contributed by atoms with Gasteiger partial charge in [-0.3, -0.25) is 4.79 Å². The molecule has 4 rings (SSSR count). The predicted octanol–water partition coefficient (Wildman–Crippen LogP) is 5.80. The Bertz CT molecular complexity index is 1340. The average Bonchev–Trinajstić information content (AvgIpc) is 3.20. The highest BCUT2D eigenvalue weighted by Crippen LogP contribution is 2.40. The molecule has 0 bridgehead atoms. The minimum absolute atomic E-state index is 0.198. The highest BCUT2D eigenvalue weighted by Gasteiger charge is 2.33. The van der Waals surface area contributed by atoms with E-state index in [9.17, 15) is 22.8 Å². The molecule has 0 spiro atoms. The first kappa shape index (κ1) is 27.1. The van der Waals surface area contributed by atoms with E-state index in [0.29, 0.717) is 42.0 Å². The lowest BCUT2D eigenvalue weighted by molar-refractivity contribution is -0.274. The van der Waals surface area contributed by atoms with Crippen LogP contribution in [0.1, 0.15) is 49.3 Å². The number of urea groups is 1. The topological polar surface area (TPSA) is 84.4 Å². The smallest absolute Gasteiger partial charge is 0.406 e. The summed E-state index contributed by atoms with van der Waals surface area (Å²) in [5.74, 6) is -0.619. The number of carbonyl (C=O) groups is 2. The molecule has 3 N–H and O–H groups in total. The Labute approximate surface area is 219 Å². The molecule has 0 saturated carbocycles. The first-order chi connectivity index (χ1) is 17.8. The number of hydrogen-bond donors (Lipinski definition) is 3. The van der Waals surface area contributed by atoms with Crippen molar-refractivity contribution < 1.29 is 27.5 Å². The number of nitrogens with one attached hydrogen (secondary N) is 3. The molecular formula is C28H31F3N4O3. The van der Waals surface area contributed by atoms with E-state index >= 15 is 0 Å². The molecule has 7 nitrogen and oxygen atoms in total. The first-order valence-electron chi connectivity index (χ1n) is 12.3. The van der Waals surface area contributed by atoms with Crippen LogP contribution in [0.3, 0.4) is 0 Å². The van der Waals surface area contributed by atoms with Gasteiger partial charge in [0.05, 0.1) is 11.7 Å². The van der Waals surface area contributed by atoms with Crippen molar-refractivity contribution in [2.75, 3.05) is 13.1 Å². The van der Waals surface area contributed by atoms with Crippen LogP contribution in [0.4, 0.5) is 18.0 Å². The van der Waals surface area contributed by atoms with E-state index in [-0.39, 0.29) is 29.3 Å². The molecule has 3 amide bonds. The number of aryl methyl sites for hydroxylation is 1. The number of rotatable bonds is 6. The van der Waals surface area contributed by atoms with Crippen LogP contribution in [0, 0.1) is 6.92 Å². The number of halogens is 3. The van der Waals surface area contributed by atoms with Crippen molar-refractivity contribution in [2.24, 2.45) is 0 Å². The van der Waals surface area contributed by atoms with Gasteiger partial charge in [-0.15, -0.1) is 13.2 Å². The fraction of sp³-hybridized carbons (Fsp3) is 0.357. The Morgan fingerprint density at radius 3 is 2.47 bits per heavy atom. The van der Waals surface area contributed by atoms with E-state index in [0.717, 1.165) is 11.1 Å². The van der Waals surface area contributed by atoms with Crippen molar-refractivity contribution in [3.8, 4) is 28.1 Å². The van der Waals surface area contributed by atoms with Crippen LogP contribution in [-0.4, -0.2) is 41.5 Å². The van der Waals surface area contributed by atoms with E-state index in [2.05, 4.69) is 20.7 Å². The zero-order valence-electron chi connectivity index (χ0n) is 21.7. The van der Waals surface area contributed by atoms with Crippen LogP contribution >= 0.6 is 0 Å². The predicted molar refractivity (Wildman–Crippen MR) is 139 cm³/mol. The maximum Gasteiger partial charge on any atom is 0.573 e. The standard InChI is InChI=1S/C28H31F3N4O3/c1-17-7-5-9-19(13-17)24-22(18-8-6-10-21(14-18)38-28(29,30)31)15-23-25(36)33-16-20(35(23)24)11-12-32-26(37)34-27(2,3)4/h5-10,13-15,20H,11-12,16H2,1-4H3,(H,33,36)(H2,32,34,37)/t20-/m0/s1. The third-order valence-electron chi connectivity index (χ3n) is 6.05. The van der Waals surface area contributed by atoms with Crippen molar-refractivity contribution in [1.29, 1.82) is 0 Å². The molecule has 202 valence electrons. The Balaban J connectivity index is 1.75. The largest absolute Gasteiger partial charge is 0.573 e. The lowest BCUT2D eigenvalue weighted by atomic mass is 9.99. The van der Waals surface area contributed by atoms with Crippen LogP contribution < -0.4 is 20.7 Å². The van der Waals surface area contributed by atoms with Gasteiger partial charge in [0.1, 0.15) is 11.4 Å². The molecule has 38 heavy (non-hydrogen) atoms. The Kier molecular flexibility index (Phi) is 7.44. The Morgan fingerprint density at radius 2 is 1.79 bits per heavy atom. The van der Waals surface area contributed by atoms with E-state index in [4.69, 9.17) is 0 Å². The van der Waals surface area contributed by atoms with Crippen LogP contribution in [0.25, 0.3) is 22.4 Å². The SMILES string of the molecule is Cc1cccc(-c2c(-c3cccc(OC(F)(F)F)c3)cc3n2[C@@H](CCNC(=O)NC(C)(C)C)CNC3=O)c1. The average molecular weight is 529 g/mol. The van der Waals surface area contributed by atoms with Gasteiger partial charge in [0.15, 0.2) is 0 Å². The van der Waals surface area contributed by atoms with Crippen molar-refractivity contribution in [3.05, 3.63) is 65.9 Å².